The van der Waals surface area contributed by atoms with Gasteiger partial charge in [0.2, 0.25) is 5.78 Å². The number of hydrogen-bond acceptors (Lipinski definition) is 3. The third-order valence-electron chi connectivity index (χ3n) is 1.93. The van der Waals surface area contributed by atoms with Crippen LogP contribution >= 0.6 is 0 Å². The van der Waals surface area contributed by atoms with Crippen molar-refractivity contribution >= 4 is 5.78 Å². The molecule has 0 aliphatic carbocycles. The van der Waals surface area contributed by atoms with E-state index in [2.05, 4.69) is 9.97 Å². The number of rotatable bonds is 2. The Morgan fingerprint density at radius 1 is 1.20 bits per heavy atom. The molecule has 1 heterocycles. The van der Waals surface area contributed by atoms with Crippen LogP contribution in [0.3, 0.4) is 0 Å². The van der Waals surface area contributed by atoms with Crippen LogP contribution in [-0.2, 0) is 0 Å². The average Bonchev–Trinajstić information content (AvgIpc) is 2.30. The van der Waals surface area contributed by atoms with E-state index in [0.29, 0.717) is 0 Å². The van der Waals surface area contributed by atoms with Crippen LogP contribution in [0.1, 0.15) is 16.1 Å². The molecule has 2 rings (SSSR count). The molecule has 0 atom stereocenters. The predicted molar refractivity (Wildman–Crippen MR) is 51.9 cm³/mol. The van der Waals surface area contributed by atoms with Crippen LogP contribution in [-0.4, -0.2) is 15.8 Å². The minimum atomic E-state index is -0.541. The van der Waals surface area contributed by atoms with Crippen LogP contribution in [0.15, 0.2) is 42.9 Å². The minimum Gasteiger partial charge on any atom is -0.287 e. The molecule has 3 nitrogen and oxygen atoms in total. The van der Waals surface area contributed by atoms with Gasteiger partial charge in [-0.05, 0) is 18.2 Å². The Bertz CT molecular complexity index is 485. The van der Waals surface area contributed by atoms with E-state index >= 15 is 0 Å². The smallest absolute Gasteiger partial charge is 0.214 e. The fraction of sp³-hybridized carbons (Fsp3) is 0. The van der Waals surface area contributed by atoms with Crippen molar-refractivity contribution in [2.75, 3.05) is 0 Å². The second kappa shape index (κ2) is 3.96. The van der Waals surface area contributed by atoms with Crippen molar-refractivity contribution in [1.82, 2.24) is 9.97 Å². The number of halogens is 1. The third-order valence-corrected chi connectivity index (χ3v) is 1.93. The van der Waals surface area contributed by atoms with Crippen molar-refractivity contribution in [3.8, 4) is 0 Å². The molecule has 1 aromatic heterocycles. The molecule has 74 valence electrons. The Kier molecular flexibility index (Phi) is 2.49. The fourth-order valence-electron chi connectivity index (χ4n) is 1.21. The SMILES string of the molecule is O=C(c1ccncn1)c1ccccc1F. The summed E-state index contributed by atoms with van der Waals surface area (Å²) in [6, 6.07) is 7.27. The Hall–Kier alpha value is -2.10. The van der Waals surface area contributed by atoms with Gasteiger partial charge in [-0.3, -0.25) is 4.79 Å². The van der Waals surface area contributed by atoms with Gasteiger partial charge in [0.1, 0.15) is 17.8 Å². The summed E-state index contributed by atoms with van der Waals surface area (Å²) in [5.74, 6) is -0.975. The van der Waals surface area contributed by atoms with Gasteiger partial charge in [0.15, 0.2) is 0 Å². The Morgan fingerprint density at radius 2 is 2.00 bits per heavy atom. The number of ketones is 1. The van der Waals surface area contributed by atoms with E-state index in [9.17, 15) is 9.18 Å². The molecule has 0 aliphatic rings. The molecule has 15 heavy (non-hydrogen) atoms. The largest absolute Gasteiger partial charge is 0.287 e. The zero-order chi connectivity index (χ0) is 10.7. The van der Waals surface area contributed by atoms with Crippen molar-refractivity contribution in [2.24, 2.45) is 0 Å². The molecule has 1 aromatic carbocycles. The quantitative estimate of drug-likeness (QED) is 0.698. The van der Waals surface area contributed by atoms with Crippen LogP contribution in [0.5, 0.6) is 0 Å². The van der Waals surface area contributed by atoms with E-state index in [4.69, 9.17) is 0 Å². The maximum Gasteiger partial charge on any atom is 0.214 e. The first-order valence-electron chi connectivity index (χ1n) is 4.34. The van der Waals surface area contributed by atoms with E-state index in [1.54, 1.807) is 6.07 Å². The summed E-state index contributed by atoms with van der Waals surface area (Å²) in [5.41, 5.74) is 0.214. The maximum atomic E-state index is 13.3. The van der Waals surface area contributed by atoms with E-state index in [0.717, 1.165) is 0 Å². The number of benzene rings is 1. The summed E-state index contributed by atoms with van der Waals surface area (Å²) in [5, 5.41) is 0. The second-order valence-electron chi connectivity index (χ2n) is 2.90. The van der Waals surface area contributed by atoms with Crippen molar-refractivity contribution in [2.45, 2.75) is 0 Å². The summed E-state index contributed by atoms with van der Waals surface area (Å²) >= 11 is 0. The summed E-state index contributed by atoms with van der Waals surface area (Å²) < 4.78 is 13.3. The van der Waals surface area contributed by atoms with Gasteiger partial charge in [-0.25, -0.2) is 14.4 Å². The van der Waals surface area contributed by atoms with Crippen LogP contribution < -0.4 is 0 Å². The fourth-order valence-corrected chi connectivity index (χ4v) is 1.21. The number of aromatic nitrogens is 2. The van der Waals surface area contributed by atoms with Crippen molar-refractivity contribution < 1.29 is 9.18 Å². The van der Waals surface area contributed by atoms with Gasteiger partial charge in [0.05, 0.1) is 5.56 Å². The highest BCUT2D eigenvalue weighted by Gasteiger charge is 2.13. The Balaban J connectivity index is 2.42. The van der Waals surface area contributed by atoms with E-state index < -0.39 is 11.6 Å². The van der Waals surface area contributed by atoms with Gasteiger partial charge in [-0.15, -0.1) is 0 Å². The summed E-state index contributed by atoms with van der Waals surface area (Å²) in [4.78, 5) is 19.2. The van der Waals surface area contributed by atoms with Crippen molar-refractivity contribution in [1.29, 1.82) is 0 Å². The molecular weight excluding hydrogens is 195 g/mol. The highest BCUT2D eigenvalue weighted by atomic mass is 19.1. The Labute approximate surface area is 85.6 Å². The average molecular weight is 202 g/mol. The maximum absolute atomic E-state index is 13.3. The molecule has 0 radical (unpaired) electrons. The molecule has 0 bridgehead atoms. The standard InChI is InChI=1S/C11H7FN2O/c12-9-4-2-1-3-8(9)11(15)10-5-6-13-7-14-10/h1-7H. The van der Waals surface area contributed by atoms with Gasteiger partial charge in [0.25, 0.3) is 0 Å². The zero-order valence-electron chi connectivity index (χ0n) is 7.72. The van der Waals surface area contributed by atoms with Crippen LogP contribution in [0.4, 0.5) is 4.39 Å². The van der Waals surface area contributed by atoms with Gasteiger partial charge in [0, 0.05) is 6.20 Å². The number of carbonyl (C=O) groups is 1. The van der Waals surface area contributed by atoms with E-state index in [1.807, 2.05) is 0 Å². The van der Waals surface area contributed by atoms with Crippen LogP contribution in [0.25, 0.3) is 0 Å². The van der Waals surface area contributed by atoms with Gasteiger partial charge < -0.3 is 0 Å². The lowest BCUT2D eigenvalue weighted by molar-refractivity contribution is 0.103. The highest BCUT2D eigenvalue weighted by molar-refractivity contribution is 6.07. The topological polar surface area (TPSA) is 42.9 Å². The highest BCUT2D eigenvalue weighted by Crippen LogP contribution is 2.10. The molecule has 0 saturated heterocycles. The summed E-state index contributed by atoms with van der Waals surface area (Å²) in [6.07, 6.45) is 2.70. The number of hydrogen-bond donors (Lipinski definition) is 0. The molecular formula is C11H7FN2O. The van der Waals surface area contributed by atoms with Crippen molar-refractivity contribution in [3.05, 3.63) is 59.9 Å². The van der Waals surface area contributed by atoms with Gasteiger partial charge in [-0.2, -0.15) is 0 Å². The molecule has 0 aliphatic heterocycles. The van der Waals surface area contributed by atoms with Gasteiger partial charge in [-0.1, -0.05) is 12.1 Å². The molecule has 4 heteroatoms. The first kappa shape index (κ1) is 9.45. The molecule has 0 unspecified atom stereocenters. The normalized spacial score (nSPS) is 9.93. The summed E-state index contributed by atoms with van der Waals surface area (Å²) in [7, 11) is 0. The van der Waals surface area contributed by atoms with Gasteiger partial charge >= 0.3 is 0 Å². The van der Waals surface area contributed by atoms with Crippen LogP contribution in [0.2, 0.25) is 0 Å². The number of carbonyl (C=O) groups excluding carboxylic acids is 1. The zero-order valence-corrected chi connectivity index (χ0v) is 7.72. The second-order valence-corrected chi connectivity index (χ2v) is 2.90. The van der Waals surface area contributed by atoms with E-state index in [-0.39, 0.29) is 11.3 Å². The molecule has 0 saturated carbocycles. The van der Waals surface area contributed by atoms with Crippen molar-refractivity contribution in [3.63, 3.8) is 0 Å². The molecule has 2 aromatic rings. The monoisotopic (exact) mass is 202 g/mol. The van der Waals surface area contributed by atoms with E-state index in [1.165, 1.54) is 36.8 Å². The Morgan fingerprint density at radius 3 is 2.67 bits per heavy atom. The third kappa shape index (κ3) is 1.88. The first-order valence-corrected chi connectivity index (χ1v) is 4.34. The molecule has 0 amide bonds. The molecule has 0 spiro atoms. The lowest BCUT2D eigenvalue weighted by Gasteiger charge is -2.00. The van der Waals surface area contributed by atoms with Crippen LogP contribution in [0, 0.1) is 5.82 Å². The number of nitrogens with zero attached hydrogens (tertiary/aromatic N) is 2. The predicted octanol–water partition coefficient (Wildman–Crippen LogP) is 1.85. The first-order chi connectivity index (χ1) is 7.29. The molecule has 0 N–H and O–H groups in total. The lowest BCUT2D eigenvalue weighted by Crippen LogP contribution is -2.06. The summed E-state index contributed by atoms with van der Waals surface area (Å²) in [6.45, 7) is 0. The minimum absolute atomic E-state index is 0.0243. The lowest BCUT2D eigenvalue weighted by atomic mass is 10.1. The molecule has 0 fully saturated rings.